The molecule has 4 aromatic rings. The van der Waals surface area contributed by atoms with Crippen LogP contribution in [-0.2, 0) is 20.7 Å². The number of methoxy groups -OCH3 is 2. The molecule has 5 rings (SSSR count). The fourth-order valence-corrected chi connectivity index (χ4v) is 4.95. The molecule has 3 aromatic carbocycles. The highest BCUT2D eigenvalue weighted by atomic mass is 32.1. The van der Waals surface area contributed by atoms with Gasteiger partial charge in [-0.2, -0.15) is 0 Å². The first-order chi connectivity index (χ1) is 17.4. The summed E-state index contributed by atoms with van der Waals surface area (Å²) in [6.07, 6.45) is 3.27. The zero-order valence-corrected chi connectivity index (χ0v) is 20.5. The third-order valence-electron chi connectivity index (χ3n) is 5.67. The summed E-state index contributed by atoms with van der Waals surface area (Å²) < 4.78 is 10.6. The number of fused-ring (bicyclic) bond motifs is 3. The van der Waals surface area contributed by atoms with E-state index >= 15 is 0 Å². The van der Waals surface area contributed by atoms with Crippen molar-refractivity contribution in [2.24, 2.45) is 0 Å². The van der Waals surface area contributed by atoms with Crippen LogP contribution < -0.4 is 4.74 Å². The fourth-order valence-electron chi connectivity index (χ4n) is 4.05. The lowest BCUT2D eigenvalue weighted by atomic mass is 9.96. The minimum Gasteiger partial charge on any atom is -0.497 e. The summed E-state index contributed by atoms with van der Waals surface area (Å²) in [7, 11) is 3.25. The van der Waals surface area contributed by atoms with Crippen molar-refractivity contribution in [1.82, 2.24) is 0 Å². The molecule has 0 unspecified atom stereocenters. The van der Waals surface area contributed by atoms with Crippen molar-refractivity contribution < 1.29 is 29.3 Å². The number of hydrogen-bond acceptors (Lipinski definition) is 5. The van der Waals surface area contributed by atoms with Crippen LogP contribution in [0.3, 0.4) is 0 Å². The summed E-state index contributed by atoms with van der Waals surface area (Å²) in [4.78, 5) is 22.7. The van der Waals surface area contributed by atoms with Crippen LogP contribution >= 0.6 is 11.3 Å². The lowest BCUT2D eigenvalue weighted by Gasteiger charge is -2.08. The van der Waals surface area contributed by atoms with Crippen LogP contribution in [0.15, 0.2) is 78.2 Å². The molecule has 0 radical (unpaired) electrons. The maximum atomic E-state index is 11.2. The second-order valence-electron chi connectivity index (χ2n) is 7.98. The van der Waals surface area contributed by atoms with Gasteiger partial charge in [0.05, 0.1) is 25.5 Å². The van der Waals surface area contributed by atoms with E-state index in [9.17, 15) is 9.59 Å². The lowest BCUT2D eigenvalue weighted by molar-refractivity contribution is -0.136. The number of aliphatic carboxylic acids is 2. The van der Waals surface area contributed by atoms with E-state index in [1.165, 1.54) is 6.08 Å². The number of benzene rings is 3. The second kappa shape index (κ2) is 10.9. The van der Waals surface area contributed by atoms with Gasteiger partial charge in [-0.1, -0.05) is 48.5 Å². The Morgan fingerprint density at radius 2 is 1.64 bits per heavy atom. The van der Waals surface area contributed by atoms with E-state index in [1.54, 1.807) is 25.6 Å². The molecule has 1 aliphatic rings. The second-order valence-corrected chi connectivity index (χ2v) is 8.89. The lowest BCUT2D eigenvalue weighted by Crippen LogP contribution is -1.99. The van der Waals surface area contributed by atoms with E-state index < -0.39 is 11.9 Å². The van der Waals surface area contributed by atoms with E-state index in [4.69, 9.17) is 19.7 Å². The number of ether oxygens (including phenoxy) is 2. The molecule has 0 fully saturated rings. The van der Waals surface area contributed by atoms with Crippen LogP contribution in [0.25, 0.3) is 28.2 Å². The molecule has 0 spiro atoms. The van der Waals surface area contributed by atoms with Crippen molar-refractivity contribution in [3.05, 3.63) is 105 Å². The summed E-state index contributed by atoms with van der Waals surface area (Å²) in [5.74, 6) is -0.199. The van der Waals surface area contributed by atoms with Crippen molar-refractivity contribution in [2.45, 2.75) is 6.42 Å². The Morgan fingerprint density at radius 1 is 0.889 bits per heavy atom. The SMILES string of the molecule is COC1=Cc2ccccc2C(=CC(=O)O)c2ccsc21.COc1ccc2cc(CC(=O)O)ccc2c1. The van der Waals surface area contributed by atoms with Crippen molar-refractivity contribution in [2.75, 3.05) is 14.2 Å². The molecule has 1 heterocycles. The molecule has 0 saturated heterocycles. The number of thiophene rings is 1. The molecular weight excluding hydrogens is 476 g/mol. The molecular formula is C29H24O6S. The van der Waals surface area contributed by atoms with E-state index in [-0.39, 0.29) is 6.42 Å². The van der Waals surface area contributed by atoms with Crippen LogP contribution in [0.4, 0.5) is 0 Å². The molecule has 6 nitrogen and oxygen atoms in total. The number of carbonyl (C=O) groups is 2. The predicted octanol–water partition coefficient (Wildman–Crippen LogP) is 6.20. The van der Waals surface area contributed by atoms with Crippen LogP contribution in [0.5, 0.6) is 5.75 Å². The van der Waals surface area contributed by atoms with Crippen LogP contribution in [0.1, 0.15) is 27.1 Å². The van der Waals surface area contributed by atoms with E-state index in [2.05, 4.69) is 0 Å². The average molecular weight is 501 g/mol. The van der Waals surface area contributed by atoms with Gasteiger partial charge >= 0.3 is 11.9 Å². The average Bonchev–Trinajstić information content (AvgIpc) is 3.31. The van der Waals surface area contributed by atoms with E-state index in [1.807, 2.05) is 78.2 Å². The van der Waals surface area contributed by atoms with Gasteiger partial charge in [-0.25, -0.2) is 4.79 Å². The van der Waals surface area contributed by atoms with Gasteiger partial charge in [0.25, 0.3) is 0 Å². The maximum Gasteiger partial charge on any atom is 0.328 e. The predicted molar refractivity (Wildman–Crippen MR) is 142 cm³/mol. The summed E-state index contributed by atoms with van der Waals surface area (Å²) in [5.41, 5.74) is 4.29. The number of carboxylic acids is 2. The Balaban J connectivity index is 0.000000174. The topological polar surface area (TPSA) is 93.1 Å². The zero-order chi connectivity index (χ0) is 25.7. The quantitative estimate of drug-likeness (QED) is 0.317. The first-order valence-electron chi connectivity index (χ1n) is 11.1. The third kappa shape index (κ3) is 5.47. The van der Waals surface area contributed by atoms with Crippen LogP contribution in [0, 0.1) is 0 Å². The molecule has 1 aromatic heterocycles. The Labute approximate surface area is 212 Å². The molecule has 2 N–H and O–H groups in total. The minimum atomic E-state index is -0.951. The molecule has 7 heteroatoms. The molecule has 36 heavy (non-hydrogen) atoms. The van der Waals surface area contributed by atoms with Crippen LogP contribution in [0.2, 0.25) is 0 Å². The third-order valence-corrected chi connectivity index (χ3v) is 6.60. The molecule has 0 amide bonds. The summed E-state index contributed by atoms with van der Waals surface area (Å²) >= 11 is 1.55. The van der Waals surface area contributed by atoms with Crippen molar-refractivity contribution in [3.8, 4) is 5.75 Å². The number of carboxylic acid groups (broad SMARTS) is 2. The largest absolute Gasteiger partial charge is 0.497 e. The van der Waals surface area contributed by atoms with Gasteiger partial charge in [0.15, 0.2) is 0 Å². The molecule has 0 aliphatic heterocycles. The first kappa shape index (κ1) is 24.8. The monoisotopic (exact) mass is 500 g/mol. The standard InChI is InChI=1S/C16H12O3S.C13H12O3/c1-19-14-8-10-4-2-3-5-11(10)13(9-15(17)18)12-6-7-20-16(12)14;1-16-12-5-4-10-6-9(7-13(14)15)2-3-11(10)8-12/h2-9H,1H3,(H,17,18);2-6,8H,7H2,1H3,(H,14,15). The molecule has 1 aliphatic carbocycles. The van der Waals surface area contributed by atoms with E-state index in [0.29, 0.717) is 5.57 Å². The summed E-state index contributed by atoms with van der Waals surface area (Å²) in [6, 6.07) is 21.0. The Morgan fingerprint density at radius 3 is 2.36 bits per heavy atom. The first-order valence-corrected chi connectivity index (χ1v) is 11.9. The summed E-state index contributed by atoms with van der Waals surface area (Å²) in [6.45, 7) is 0. The summed E-state index contributed by atoms with van der Waals surface area (Å²) in [5, 5.41) is 21.9. The highest BCUT2D eigenvalue weighted by Crippen LogP contribution is 2.40. The molecule has 182 valence electrons. The number of hydrogen-bond donors (Lipinski definition) is 2. The fraction of sp³-hybridized carbons (Fsp3) is 0.103. The Kier molecular flexibility index (Phi) is 7.51. The molecule has 0 bridgehead atoms. The Hall–Kier alpha value is -4.36. The maximum absolute atomic E-state index is 11.2. The minimum absolute atomic E-state index is 0.0575. The van der Waals surface area contributed by atoms with Gasteiger partial charge in [-0.3, -0.25) is 4.79 Å². The zero-order valence-electron chi connectivity index (χ0n) is 19.7. The molecule has 0 saturated carbocycles. The smallest absolute Gasteiger partial charge is 0.328 e. The Bertz CT molecular complexity index is 1490. The normalized spacial score (nSPS) is 12.9. The van der Waals surface area contributed by atoms with Gasteiger partial charge in [0, 0.05) is 11.6 Å². The highest BCUT2D eigenvalue weighted by Gasteiger charge is 2.21. The van der Waals surface area contributed by atoms with Crippen molar-refractivity contribution in [3.63, 3.8) is 0 Å². The molecule has 0 atom stereocenters. The van der Waals surface area contributed by atoms with Crippen molar-refractivity contribution in [1.29, 1.82) is 0 Å². The van der Waals surface area contributed by atoms with Crippen molar-refractivity contribution >= 4 is 51.5 Å². The van der Waals surface area contributed by atoms with Gasteiger partial charge in [-0.15, -0.1) is 11.3 Å². The van der Waals surface area contributed by atoms with Crippen LogP contribution in [-0.4, -0.2) is 36.4 Å². The van der Waals surface area contributed by atoms with Gasteiger partial charge < -0.3 is 19.7 Å². The van der Waals surface area contributed by atoms with Gasteiger partial charge in [-0.05, 0) is 62.7 Å². The highest BCUT2D eigenvalue weighted by molar-refractivity contribution is 7.11. The van der Waals surface area contributed by atoms with E-state index in [0.717, 1.165) is 49.4 Å². The van der Waals surface area contributed by atoms with Gasteiger partial charge in [0.2, 0.25) is 0 Å². The number of rotatable bonds is 5. The van der Waals surface area contributed by atoms with Gasteiger partial charge in [0.1, 0.15) is 11.5 Å².